The predicted molar refractivity (Wildman–Crippen MR) is 93.8 cm³/mol. The van der Waals surface area contributed by atoms with Gasteiger partial charge >= 0.3 is 0 Å². The molecule has 0 aliphatic rings. The second kappa shape index (κ2) is 7.80. The summed E-state index contributed by atoms with van der Waals surface area (Å²) < 4.78 is 14.5. The van der Waals surface area contributed by atoms with E-state index in [2.05, 4.69) is 21.5 Å². The number of nitrogens with zero attached hydrogens (tertiary/aromatic N) is 2. The number of aliphatic hydroxyl groups excluding tert-OH is 1. The van der Waals surface area contributed by atoms with Gasteiger partial charge in [-0.1, -0.05) is 5.92 Å². The Hall–Kier alpha value is -3.18. The summed E-state index contributed by atoms with van der Waals surface area (Å²) >= 11 is 0. The maximum Gasteiger partial charge on any atom is 0.272 e. The Morgan fingerprint density at radius 1 is 1.42 bits per heavy atom. The van der Waals surface area contributed by atoms with Crippen molar-refractivity contribution in [3.63, 3.8) is 0 Å². The zero-order valence-corrected chi connectivity index (χ0v) is 14.6. The lowest BCUT2D eigenvalue weighted by Gasteiger charge is -2.11. The minimum atomic E-state index is -1.46. The molecule has 3 N–H and O–H groups in total. The lowest BCUT2D eigenvalue weighted by Crippen LogP contribution is -2.30. The van der Waals surface area contributed by atoms with Crippen molar-refractivity contribution in [1.82, 2.24) is 14.9 Å². The second-order valence-corrected chi connectivity index (χ2v) is 5.68. The van der Waals surface area contributed by atoms with E-state index in [1.807, 2.05) is 0 Å². The van der Waals surface area contributed by atoms with Gasteiger partial charge in [0.2, 0.25) is 5.95 Å². The molecule has 136 valence electrons. The molecule has 2 rings (SSSR count). The molecule has 2 amide bonds. The summed E-state index contributed by atoms with van der Waals surface area (Å²) in [6.45, 7) is 3.32. The molecule has 2 aromatic heterocycles. The molecule has 0 aliphatic carbocycles. The van der Waals surface area contributed by atoms with E-state index >= 15 is 0 Å². The minimum absolute atomic E-state index is 0.00820. The van der Waals surface area contributed by atoms with Gasteiger partial charge in [0.25, 0.3) is 11.8 Å². The number of nitrogens with one attached hydrogen (secondary N) is 2. The Morgan fingerprint density at radius 3 is 2.69 bits per heavy atom. The number of aromatic nitrogens is 2. The standard InChI is InChI=1S/C18H19FN4O3/c1-5-8-20-18(26)16(24)14-10(2)15(23(4)11(14)3)17(25)22-12-6-7-13(19)21-9-12/h1,6-7,9,16,24H,8H2,2-4H3,(H,20,26)(H,22,25). The topological polar surface area (TPSA) is 96.2 Å². The number of anilines is 1. The summed E-state index contributed by atoms with van der Waals surface area (Å²) in [6, 6.07) is 2.51. The van der Waals surface area contributed by atoms with Crippen LogP contribution in [0.25, 0.3) is 0 Å². The van der Waals surface area contributed by atoms with Crippen molar-refractivity contribution in [3.8, 4) is 12.3 Å². The van der Waals surface area contributed by atoms with Gasteiger partial charge in [0.15, 0.2) is 6.10 Å². The number of carbonyl (C=O) groups is 2. The zero-order chi connectivity index (χ0) is 19.4. The van der Waals surface area contributed by atoms with Crippen LogP contribution in [-0.2, 0) is 11.8 Å². The smallest absolute Gasteiger partial charge is 0.272 e. The van der Waals surface area contributed by atoms with Crippen molar-refractivity contribution in [1.29, 1.82) is 0 Å². The fourth-order valence-electron chi connectivity index (χ4n) is 2.73. The summed E-state index contributed by atoms with van der Waals surface area (Å²) in [5, 5.41) is 15.4. The van der Waals surface area contributed by atoms with Crippen LogP contribution in [0.1, 0.15) is 33.4 Å². The van der Waals surface area contributed by atoms with Crippen LogP contribution >= 0.6 is 0 Å². The van der Waals surface area contributed by atoms with Crippen LogP contribution in [0.15, 0.2) is 18.3 Å². The molecule has 0 aliphatic heterocycles. The number of terminal acetylenes is 1. The molecule has 1 unspecified atom stereocenters. The number of amides is 2. The van der Waals surface area contributed by atoms with Gasteiger partial charge in [-0.05, 0) is 31.5 Å². The first kappa shape index (κ1) is 19.1. The molecular weight excluding hydrogens is 339 g/mol. The molecule has 8 heteroatoms. The van der Waals surface area contributed by atoms with Gasteiger partial charge < -0.3 is 20.3 Å². The van der Waals surface area contributed by atoms with Crippen LogP contribution in [0.2, 0.25) is 0 Å². The van der Waals surface area contributed by atoms with Gasteiger partial charge in [-0.25, -0.2) is 4.98 Å². The van der Waals surface area contributed by atoms with Crippen LogP contribution in [0.3, 0.4) is 0 Å². The molecular formula is C18H19FN4O3. The summed E-state index contributed by atoms with van der Waals surface area (Å²) in [7, 11) is 1.65. The third-order valence-corrected chi connectivity index (χ3v) is 4.07. The number of carbonyl (C=O) groups excluding carboxylic acids is 2. The van der Waals surface area contributed by atoms with Crippen molar-refractivity contribution in [2.24, 2.45) is 7.05 Å². The largest absolute Gasteiger partial charge is 0.378 e. The Kier molecular flexibility index (Phi) is 5.75. The van der Waals surface area contributed by atoms with Crippen molar-refractivity contribution in [2.75, 3.05) is 11.9 Å². The molecule has 0 aromatic carbocycles. The van der Waals surface area contributed by atoms with E-state index in [1.54, 1.807) is 25.5 Å². The molecule has 0 saturated carbocycles. The van der Waals surface area contributed by atoms with Gasteiger partial charge in [-0.2, -0.15) is 4.39 Å². The average molecular weight is 358 g/mol. The highest BCUT2D eigenvalue weighted by Crippen LogP contribution is 2.28. The van der Waals surface area contributed by atoms with Gasteiger partial charge in [0.1, 0.15) is 5.69 Å². The van der Waals surface area contributed by atoms with Crippen LogP contribution in [0.4, 0.5) is 10.1 Å². The Bertz CT molecular complexity index is 881. The highest BCUT2D eigenvalue weighted by molar-refractivity contribution is 6.04. The third kappa shape index (κ3) is 3.73. The monoisotopic (exact) mass is 358 g/mol. The Labute approximate surface area is 150 Å². The Morgan fingerprint density at radius 2 is 2.12 bits per heavy atom. The summed E-state index contributed by atoms with van der Waals surface area (Å²) in [5.74, 6) is 0.487. The zero-order valence-electron chi connectivity index (χ0n) is 14.6. The second-order valence-electron chi connectivity index (χ2n) is 5.68. The van der Waals surface area contributed by atoms with Crippen molar-refractivity contribution >= 4 is 17.5 Å². The van der Waals surface area contributed by atoms with E-state index < -0.39 is 23.9 Å². The summed E-state index contributed by atoms with van der Waals surface area (Å²) in [4.78, 5) is 28.1. The van der Waals surface area contributed by atoms with E-state index in [9.17, 15) is 19.1 Å². The number of hydrogen-bond donors (Lipinski definition) is 3. The molecule has 1 atom stereocenters. The minimum Gasteiger partial charge on any atom is -0.378 e. The van der Waals surface area contributed by atoms with Crippen molar-refractivity contribution in [3.05, 3.63) is 46.8 Å². The molecule has 2 heterocycles. The quantitative estimate of drug-likeness (QED) is 0.553. The first-order valence-electron chi connectivity index (χ1n) is 7.75. The lowest BCUT2D eigenvalue weighted by molar-refractivity contribution is -0.129. The van der Waals surface area contributed by atoms with Crippen molar-refractivity contribution in [2.45, 2.75) is 20.0 Å². The third-order valence-electron chi connectivity index (χ3n) is 4.07. The van der Waals surface area contributed by atoms with E-state index in [-0.39, 0.29) is 12.2 Å². The predicted octanol–water partition coefficient (Wildman–Crippen LogP) is 1.21. The first-order chi connectivity index (χ1) is 12.3. The van der Waals surface area contributed by atoms with E-state index in [1.165, 1.54) is 12.3 Å². The van der Waals surface area contributed by atoms with Crippen LogP contribution in [0, 0.1) is 32.1 Å². The number of aliphatic hydroxyl groups is 1. The van der Waals surface area contributed by atoms with Gasteiger partial charge in [0, 0.05) is 18.3 Å². The van der Waals surface area contributed by atoms with Crippen molar-refractivity contribution < 1.29 is 19.1 Å². The number of pyridine rings is 1. The molecule has 0 spiro atoms. The number of rotatable bonds is 5. The molecule has 0 bridgehead atoms. The van der Waals surface area contributed by atoms with Gasteiger partial charge in [-0.15, -0.1) is 6.42 Å². The highest BCUT2D eigenvalue weighted by Gasteiger charge is 2.28. The summed E-state index contributed by atoms with van der Waals surface area (Å²) in [6.07, 6.45) is 4.83. The maximum atomic E-state index is 12.9. The van der Waals surface area contributed by atoms with E-state index in [0.29, 0.717) is 22.5 Å². The SMILES string of the molecule is C#CCNC(=O)C(O)c1c(C)c(C(=O)Nc2ccc(F)nc2)n(C)c1C. The number of halogens is 1. The van der Waals surface area contributed by atoms with E-state index in [0.717, 1.165) is 6.07 Å². The number of hydrogen-bond acceptors (Lipinski definition) is 4. The van der Waals surface area contributed by atoms with Crippen LogP contribution < -0.4 is 10.6 Å². The fraction of sp³-hybridized carbons (Fsp3) is 0.278. The fourth-order valence-corrected chi connectivity index (χ4v) is 2.73. The molecule has 0 radical (unpaired) electrons. The molecule has 0 fully saturated rings. The normalized spacial score (nSPS) is 11.5. The summed E-state index contributed by atoms with van der Waals surface area (Å²) in [5.41, 5.74) is 1.95. The Balaban J connectivity index is 2.33. The molecule has 2 aromatic rings. The van der Waals surface area contributed by atoms with Gasteiger partial charge in [0.05, 0.1) is 18.4 Å². The van der Waals surface area contributed by atoms with Crippen LogP contribution in [-0.4, -0.2) is 33.0 Å². The van der Waals surface area contributed by atoms with Gasteiger partial charge in [-0.3, -0.25) is 9.59 Å². The average Bonchev–Trinajstić information content (AvgIpc) is 2.83. The highest BCUT2D eigenvalue weighted by atomic mass is 19.1. The molecule has 7 nitrogen and oxygen atoms in total. The first-order valence-corrected chi connectivity index (χ1v) is 7.75. The van der Waals surface area contributed by atoms with Crippen LogP contribution in [0.5, 0.6) is 0 Å². The van der Waals surface area contributed by atoms with E-state index in [4.69, 9.17) is 6.42 Å². The molecule has 0 saturated heterocycles. The maximum absolute atomic E-state index is 12.9. The molecule has 26 heavy (non-hydrogen) atoms. The lowest BCUT2D eigenvalue weighted by atomic mass is 10.0.